The van der Waals surface area contributed by atoms with Crippen LogP contribution in [-0.4, -0.2) is 28.5 Å². The lowest BCUT2D eigenvalue weighted by Crippen LogP contribution is -2.39. The van der Waals surface area contributed by atoms with Crippen molar-refractivity contribution < 1.29 is 23.5 Å². The fraction of sp³-hybridized carbons (Fsp3) is 0.318. The average Bonchev–Trinajstić information content (AvgIpc) is 3.09. The van der Waals surface area contributed by atoms with Crippen LogP contribution in [0, 0.1) is 0 Å². The molecule has 0 radical (unpaired) electrons. The second kappa shape index (κ2) is 7.82. The number of alkyl carbamates (subject to hydrolysis) is 1. The lowest BCUT2D eigenvalue weighted by molar-refractivity contribution is 0.0499. The van der Waals surface area contributed by atoms with Crippen LogP contribution in [-0.2, 0) is 11.2 Å². The first-order valence-electron chi connectivity index (χ1n) is 9.77. The van der Waals surface area contributed by atoms with E-state index in [1.807, 2.05) is 24.3 Å². The van der Waals surface area contributed by atoms with E-state index in [-0.39, 0.29) is 0 Å². The number of fused-ring (bicyclic) bond motifs is 3. The second-order valence-electron chi connectivity index (χ2n) is 8.12. The molecular formula is C22H23N3O6. The van der Waals surface area contributed by atoms with Gasteiger partial charge in [0.05, 0.1) is 18.8 Å². The van der Waals surface area contributed by atoms with Gasteiger partial charge < -0.3 is 19.5 Å². The van der Waals surface area contributed by atoms with Crippen LogP contribution in [0.3, 0.4) is 0 Å². The molecule has 31 heavy (non-hydrogen) atoms. The summed E-state index contributed by atoms with van der Waals surface area (Å²) in [5, 5.41) is 6.62. The number of carbonyl (C=O) groups excluding carboxylic acids is 1. The summed E-state index contributed by atoms with van der Waals surface area (Å²) in [6.07, 6.45) is -0.220. The van der Waals surface area contributed by atoms with Crippen molar-refractivity contribution in [1.82, 2.24) is 15.0 Å². The highest BCUT2D eigenvalue weighted by Crippen LogP contribution is 2.33. The zero-order valence-corrected chi connectivity index (χ0v) is 17.7. The Morgan fingerprint density at radius 2 is 1.90 bits per heavy atom. The highest BCUT2D eigenvalue weighted by molar-refractivity contribution is 5.68. The smallest absolute Gasteiger partial charge is 0.446 e. The maximum Gasteiger partial charge on any atom is 0.446 e. The minimum atomic E-state index is -0.655. The van der Waals surface area contributed by atoms with Gasteiger partial charge in [-0.3, -0.25) is 4.52 Å². The Balaban J connectivity index is 1.63. The molecule has 0 aliphatic carbocycles. The van der Waals surface area contributed by atoms with Gasteiger partial charge in [-0.2, -0.15) is 0 Å². The Hall–Kier alpha value is -3.75. The largest absolute Gasteiger partial charge is 0.497 e. The summed E-state index contributed by atoms with van der Waals surface area (Å²) < 4.78 is 22.7. The highest BCUT2D eigenvalue weighted by atomic mass is 16.6. The van der Waals surface area contributed by atoms with Crippen LogP contribution < -0.4 is 20.5 Å². The number of carbonyl (C=O) groups is 1. The van der Waals surface area contributed by atoms with Gasteiger partial charge in [-0.25, -0.2) is 14.2 Å². The SMILES string of the molecule is COc1cccc(Oc2ccc3c(c2)CC(NC(=O)OC(C)(C)C)c2noc(=O)n2-3)c1. The molecule has 1 unspecified atom stereocenters. The zero-order valence-electron chi connectivity index (χ0n) is 17.7. The van der Waals surface area contributed by atoms with Crippen molar-refractivity contribution in [2.45, 2.75) is 38.8 Å². The van der Waals surface area contributed by atoms with E-state index in [0.717, 1.165) is 5.56 Å². The predicted molar refractivity (Wildman–Crippen MR) is 111 cm³/mol. The molecule has 0 fully saturated rings. The minimum Gasteiger partial charge on any atom is -0.497 e. The van der Waals surface area contributed by atoms with E-state index in [1.54, 1.807) is 46.1 Å². The van der Waals surface area contributed by atoms with Crippen molar-refractivity contribution in [2.24, 2.45) is 0 Å². The lowest BCUT2D eigenvalue weighted by Gasteiger charge is -2.27. The van der Waals surface area contributed by atoms with Crippen molar-refractivity contribution in [1.29, 1.82) is 0 Å². The summed E-state index contributed by atoms with van der Waals surface area (Å²) in [4.78, 5) is 24.6. The van der Waals surface area contributed by atoms with Crippen molar-refractivity contribution in [2.75, 3.05) is 7.11 Å². The first-order chi connectivity index (χ1) is 14.7. The van der Waals surface area contributed by atoms with E-state index in [2.05, 4.69) is 10.5 Å². The molecule has 162 valence electrons. The van der Waals surface area contributed by atoms with Crippen LogP contribution in [0.4, 0.5) is 4.79 Å². The summed E-state index contributed by atoms with van der Waals surface area (Å²) in [5.74, 6) is 1.55. The van der Waals surface area contributed by atoms with E-state index in [1.165, 1.54) is 4.57 Å². The third-order valence-electron chi connectivity index (χ3n) is 4.62. The standard InChI is InChI=1S/C22H23N3O6/c1-22(2,3)30-20(26)23-17-11-13-10-16(29-15-7-5-6-14(12-15)28-4)8-9-18(13)25-19(17)24-31-21(25)27/h5-10,12,17H,11H2,1-4H3,(H,23,26). The van der Waals surface area contributed by atoms with Crippen molar-refractivity contribution >= 4 is 6.09 Å². The van der Waals surface area contributed by atoms with Gasteiger partial charge in [-0.1, -0.05) is 11.2 Å². The number of hydrogen-bond acceptors (Lipinski definition) is 7. The van der Waals surface area contributed by atoms with E-state index in [9.17, 15) is 9.59 Å². The Kier molecular flexibility index (Phi) is 5.18. The quantitative estimate of drug-likeness (QED) is 0.679. The Bertz CT molecular complexity index is 1170. The first-order valence-corrected chi connectivity index (χ1v) is 9.77. The number of amides is 1. The average molecular weight is 425 g/mol. The van der Waals surface area contributed by atoms with Gasteiger partial charge in [0, 0.05) is 12.5 Å². The summed E-state index contributed by atoms with van der Waals surface area (Å²) in [7, 11) is 1.59. The molecule has 1 aromatic heterocycles. The maximum atomic E-state index is 12.3. The van der Waals surface area contributed by atoms with Gasteiger partial charge in [0.2, 0.25) is 0 Å². The minimum absolute atomic E-state index is 0.310. The summed E-state index contributed by atoms with van der Waals surface area (Å²) in [5.41, 5.74) is 0.762. The molecule has 1 aliphatic rings. The van der Waals surface area contributed by atoms with Gasteiger partial charge in [0.25, 0.3) is 0 Å². The Labute approximate surface area is 178 Å². The molecule has 0 bridgehead atoms. The van der Waals surface area contributed by atoms with Gasteiger partial charge in [-0.15, -0.1) is 0 Å². The molecule has 9 nitrogen and oxygen atoms in total. The van der Waals surface area contributed by atoms with Crippen LogP contribution in [0.15, 0.2) is 51.8 Å². The highest BCUT2D eigenvalue weighted by Gasteiger charge is 2.32. The van der Waals surface area contributed by atoms with Crippen LogP contribution in [0.25, 0.3) is 5.69 Å². The van der Waals surface area contributed by atoms with Crippen LogP contribution >= 0.6 is 0 Å². The number of rotatable bonds is 4. The normalized spacial score (nSPS) is 14.9. The fourth-order valence-corrected chi connectivity index (χ4v) is 3.39. The number of aromatic nitrogens is 2. The van der Waals surface area contributed by atoms with Crippen molar-refractivity contribution in [3.8, 4) is 22.9 Å². The molecular weight excluding hydrogens is 402 g/mol. The molecule has 2 aromatic carbocycles. The molecule has 9 heteroatoms. The number of ether oxygens (including phenoxy) is 3. The molecule has 0 saturated heterocycles. The van der Waals surface area contributed by atoms with E-state index in [0.29, 0.717) is 35.2 Å². The fourth-order valence-electron chi connectivity index (χ4n) is 3.39. The van der Waals surface area contributed by atoms with Gasteiger partial charge >= 0.3 is 11.8 Å². The molecule has 0 saturated carbocycles. The van der Waals surface area contributed by atoms with Gasteiger partial charge in [0.15, 0.2) is 5.82 Å². The first kappa shape index (κ1) is 20.5. The van der Waals surface area contributed by atoms with Crippen LogP contribution in [0.1, 0.15) is 38.2 Å². The van der Waals surface area contributed by atoms with Crippen LogP contribution in [0.2, 0.25) is 0 Å². The Morgan fingerprint density at radius 1 is 1.16 bits per heavy atom. The second-order valence-corrected chi connectivity index (χ2v) is 8.12. The molecule has 1 aliphatic heterocycles. The molecule has 4 rings (SSSR count). The summed E-state index contributed by atoms with van der Waals surface area (Å²) >= 11 is 0. The lowest BCUT2D eigenvalue weighted by atomic mass is 9.99. The van der Waals surface area contributed by atoms with E-state index >= 15 is 0 Å². The summed E-state index contributed by atoms with van der Waals surface area (Å²) in [6, 6.07) is 12.0. The topological polar surface area (TPSA) is 105 Å². The number of benzene rings is 2. The third kappa shape index (κ3) is 4.40. The molecule has 0 spiro atoms. The number of nitrogens with zero attached hydrogens (tertiary/aromatic N) is 2. The van der Waals surface area contributed by atoms with Gasteiger partial charge in [-0.05, 0) is 56.7 Å². The van der Waals surface area contributed by atoms with Crippen LogP contribution in [0.5, 0.6) is 17.2 Å². The molecule has 1 N–H and O–H groups in total. The predicted octanol–water partition coefficient (Wildman–Crippen LogP) is 3.75. The Morgan fingerprint density at radius 3 is 2.65 bits per heavy atom. The molecule has 2 heterocycles. The summed E-state index contributed by atoms with van der Waals surface area (Å²) in [6.45, 7) is 5.32. The van der Waals surface area contributed by atoms with Crippen molar-refractivity contribution in [3.05, 3.63) is 64.4 Å². The number of methoxy groups -OCH3 is 1. The molecule has 3 aromatic rings. The zero-order chi connectivity index (χ0) is 22.2. The van der Waals surface area contributed by atoms with Crippen molar-refractivity contribution in [3.63, 3.8) is 0 Å². The molecule has 1 atom stereocenters. The number of nitrogens with one attached hydrogen (secondary N) is 1. The van der Waals surface area contributed by atoms with Gasteiger partial charge in [0.1, 0.15) is 22.8 Å². The van der Waals surface area contributed by atoms with E-state index in [4.69, 9.17) is 18.7 Å². The van der Waals surface area contributed by atoms with E-state index < -0.39 is 23.5 Å². The number of hydrogen-bond donors (Lipinski definition) is 1. The maximum absolute atomic E-state index is 12.3. The third-order valence-corrected chi connectivity index (χ3v) is 4.62. The monoisotopic (exact) mass is 425 g/mol. The molecule has 1 amide bonds.